The second kappa shape index (κ2) is 8.83. The van der Waals surface area contributed by atoms with E-state index in [-0.39, 0.29) is 17.4 Å². The zero-order valence-electron chi connectivity index (χ0n) is 14.9. The van der Waals surface area contributed by atoms with Crippen LogP contribution >= 0.6 is 0 Å². The molecule has 0 bridgehead atoms. The first-order chi connectivity index (χ1) is 11.9. The Bertz CT molecular complexity index is 613. The lowest BCUT2D eigenvalue weighted by atomic mass is 10.1. The summed E-state index contributed by atoms with van der Waals surface area (Å²) in [4.78, 5) is 14.4. The molecule has 0 aliphatic heterocycles. The number of halogens is 2. The van der Waals surface area contributed by atoms with Gasteiger partial charge >= 0.3 is 6.61 Å². The number of hydrogen-bond acceptors (Lipinski definition) is 3. The van der Waals surface area contributed by atoms with Gasteiger partial charge in [0, 0.05) is 18.7 Å². The Morgan fingerprint density at radius 2 is 2.04 bits per heavy atom. The van der Waals surface area contributed by atoms with Crippen LogP contribution in [0, 0.1) is 5.92 Å². The van der Waals surface area contributed by atoms with Gasteiger partial charge in [0.15, 0.2) is 11.5 Å². The molecule has 1 aromatic carbocycles. The Balaban J connectivity index is 2.05. The molecule has 2 rings (SSSR count). The summed E-state index contributed by atoms with van der Waals surface area (Å²) in [5.74, 6) is 0.700. The number of ether oxygens (including phenoxy) is 2. The highest BCUT2D eigenvalue weighted by Gasteiger charge is 2.31. The highest BCUT2D eigenvalue weighted by Crippen LogP contribution is 2.30. The molecule has 1 aliphatic carbocycles. The van der Waals surface area contributed by atoms with E-state index in [1.165, 1.54) is 19.3 Å². The van der Waals surface area contributed by atoms with Crippen molar-refractivity contribution in [2.24, 2.45) is 5.92 Å². The average Bonchev–Trinajstić information content (AvgIpc) is 3.38. The number of hydrogen-bond donors (Lipinski definition) is 0. The monoisotopic (exact) mass is 353 g/mol. The summed E-state index contributed by atoms with van der Waals surface area (Å²) in [5.41, 5.74) is 0.687. The van der Waals surface area contributed by atoms with E-state index in [2.05, 4.69) is 18.6 Å². The van der Waals surface area contributed by atoms with Crippen LogP contribution < -0.4 is 9.47 Å². The molecule has 1 fully saturated rings. The van der Waals surface area contributed by atoms with Crippen LogP contribution in [0.2, 0.25) is 0 Å². The van der Waals surface area contributed by atoms with Gasteiger partial charge in [-0.2, -0.15) is 8.78 Å². The molecule has 0 radical (unpaired) electrons. The van der Waals surface area contributed by atoms with Gasteiger partial charge in [0.2, 0.25) is 5.91 Å². The van der Waals surface area contributed by atoms with Crippen molar-refractivity contribution in [1.29, 1.82) is 0 Å². The number of nitrogens with zero attached hydrogens (tertiary/aromatic N) is 1. The van der Waals surface area contributed by atoms with E-state index in [0.29, 0.717) is 17.5 Å². The van der Waals surface area contributed by atoms with Crippen LogP contribution in [0.25, 0.3) is 6.08 Å². The molecule has 0 atom stereocenters. The number of rotatable bonds is 9. The van der Waals surface area contributed by atoms with E-state index in [4.69, 9.17) is 4.74 Å². The van der Waals surface area contributed by atoms with Crippen LogP contribution in [0.4, 0.5) is 8.78 Å². The van der Waals surface area contributed by atoms with Crippen LogP contribution in [0.1, 0.15) is 38.7 Å². The van der Waals surface area contributed by atoms with E-state index in [0.717, 1.165) is 25.8 Å². The molecule has 0 heterocycles. The molecule has 1 saturated carbocycles. The smallest absolute Gasteiger partial charge is 0.387 e. The molecule has 138 valence electrons. The quantitative estimate of drug-likeness (QED) is 0.620. The van der Waals surface area contributed by atoms with Crippen molar-refractivity contribution in [3.05, 3.63) is 29.8 Å². The topological polar surface area (TPSA) is 38.8 Å². The van der Waals surface area contributed by atoms with Crippen LogP contribution in [0.5, 0.6) is 11.5 Å². The average molecular weight is 353 g/mol. The summed E-state index contributed by atoms with van der Waals surface area (Å²) >= 11 is 0. The Kier molecular flexibility index (Phi) is 6.79. The van der Waals surface area contributed by atoms with Gasteiger partial charge in [-0.15, -0.1) is 0 Å². The van der Waals surface area contributed by atoms with Crippen LogP contribution in [-0.4, -0.2) is 37.1 Å². The fourth-order valence-corrected chi connectivity index (χ4v) is 2.50. The van der Waals surface area contributed by atoms with E-state index < -0.39 is 6.61 Å². The normalized spacial score (nSPS) is 14.4. The van der Waals surface area contributed by atoms with E-state index in [1.807, 2.05) is 4.90 Å². The molecule has 6 heteroatoms. The number of benzene rings is 1. The molecular weight excluding hydrogens is 328 g/mol. The number of carbonyl (C=O) groups is 1. The minimum atomic E-state index is -2.91. The highest BCUT2D eigenvalue weighted by molar-refractivity contribution is 5.92. The van der Waals surface area contributed by atoms with Crippen molar-refractivity contribution in [3.63, 3.8) is 0 Å². The molecule has 0 spiro atoms. The van der Waals surface area contributed by atoms with Gasteiger partial charge in [0.05, 0.1) is 7.11 Å². The molecule has 1 aromatic rings. The lowest BCUT2D eigenvalue weighted by molar-refractivity contribution is -0.126. The van der Waals surface area contributed by atoms with Crippen molar-refractivity contribution in [1.82, 2.24) is 4.90 Å². The Labute approximate surface area is 147 Å². The number of alkyl halides is 2. The van der Waals surface area contributed by atoms with Gasteiger partial charge in [-0.1, -0.05) is 19.9 Å². The maximum absolute atomic E-state index is 12.5. The second-order valence-electron chi connectivity index (χ2n) is 6.57. The summed E-state index contributed by atoms with van der Waals surface area (Å²) in [6.07, 6.45) is 6.29. The largest absolute Gasteiger partial charge is 0.493 e. The first-order valence-corrected chi connectivity index (χ1v) is 8.52. The van der Waals surface area contributed by atoms with Crippen molar-refractivity contribution < 1.29 is 23.0 Å². The molecule has 0 N–H and O–H groups in total. The minimum Gasteiger partial charge on any atom is -0.493 e. The van der Waals surface area contributed by atoms with Crippen molar-refractivity contribution in [2.75, 3.05) is 13.7 Å². The predicted molar refractivity (Wildman–Crippen MR) is 92.9 cm³/mol. The first-order valence-electron chi connectivity index (χ1n) is 8.52. The molecule has 0 unspecified atom stereocenters. The molecule has 1 amide bonds. The van der Waals surface area contributed by atoms with Crippen LogP contribution in [0.3, 0.4) is 0 Å². The summed E-state index contributed by atoms with van der Waals surface area (Å²) in [7, 11) is 1.38. The summed E-state index contributed by atoms with van der Waals surface area (Å²) < 4.78 is 34.2. The number of methoxy groups -OCH3 is 1. The van der Waals surface area contributed by atoms with Crippen molar-refractivity contribution in [3.8, 4) is 11.5 Å². The highest BCUT2D eigenvalue weighted by atomic mass is 19.3. The zero-order chi connectivity index (χ0) is 18.4. The Morgan fingerprint density at radius 3 is 2.60 bits per heavy atom. The maximum Gasteiger partial charge on any atom is 0.387 e. The summed E-state index contributed by atoms with van der Waals surface area (Å²) in [5, 5.41) is 0. The number of carbonyl (C=O) groups excluding carboxylic acids is 1. The predicted octanol–water partition coefficient (Wildman–Crippen LogP) is 4.35. The van der Waals surface area contributed by atoms with E-state index in [9.17, 15) is 13.6 Å². The maximum atomic E-state index is 12.5. The lowest BCUT2D eigenvalue weighted by Crippen LogP contribution is -2.33. The van der Waals surface area contributed by atoms with Crippen LogP contribution in [-0.2, 0) is 4.79 Å². The van der Waals surface area contributed by atoms with Crippen LogP contribution in [0.15, 0.2) is 24.3 Å². The Hall–Kier alpha value is -2.11. The van der Waals surface area contributed by atoms with Gasteiger partial charge in [-0.25, -0.2) is 0 Å². The summed E-state index contributed by atoms with van der Waals surface area (Å²) in [6, 6.07) is 4.94. The minimum absolute atomic E-state index is 0.0185. The third-order valence-corrected chi connectivity index (χ3v) is 4.04. The molecule has 25 heavy (non-hydrogen) atoms. The van der Waals surface area contributed by atoms with E-state index >= 15 is 0 Å². The Morgan fingerprint density at radius 1 is 1.32 bits per heavy atom. The third-order valence-electron chi connectivity index (χ3n) is 4.04. The van der Waals surface area contributed by atoms with Crippen molar-refractivity contribution >= 4 is 12.0 Å². The molecule has 4 nitrogen and oxygen atoms in total. The molecule has 0 aromatic heterocycles. The standard InChI is InChI=1S/C19H25F2NO3/c1-13(2)10-11-22(15-6-7-15)18(23)9-5-14-4-8-16(25-19(20)21)17(12-14)24-3/h4-5,8-9,12-13,15,19H,6-7,10-11H2,1-3H3/b9-5+. The van der Waals surface area contributed by atoms with Gasteiger partial charge in [0.25, 0.3) is 0 Å². The van der Waals surface area contributed by atoms with Gasteiger partial charge < -0.3 is 14.4 Å². The summed E-state index contributed by atoms with van der Waals surface area (Å²) in [6.45, 7) is 2.13. The van der Waals surface area contributed by atoms with Gasteiger partial charge in [-0.05, 0) is 49.0 Å². The first kappa shape index (κ1) is 19.2. The second-order valence-corrected chi connectivity index (χ2v) is 6.57. The SMILES string of the molecule is COc1cc(/C=C/C(=O)N(CCC(C)C)C2CC2)ccc1OC(F)F. The van der Waals surface area contributed by atoms with Gasteiger partial charge in [-0.3, -0.25) is 4.79 Å². The molecule has 0 saturated heterocycles. The lowest BCUT2D eigenvalue weighted by Gasteiger charge is -2.21. The number of amides is 1. The van der Waals surface area contributed by atoms with E-state index in [1.54, 1.807) is 18.2 Å². The fourth-order valence-electron chi connectivity index (χ4n) is 2.50. The van der Waals surface area contributed by atoms with Crippen molar-refractivity contribution in [2.45, 2.75) is 45.8 Å². The molecule has 1 aliphatic rings. The van der Waals surface area contributed by atoms with Gasteiger partial charge in [0.1, 0.15) is 0 Å². The fraction of sp³-hybridized carbons (Fsp3) is 0.526. The zero-order valence-corrected chi connectivity index (χ0v) is 14.9. The molecular formula is C19H25F2NO3. The third kappa shape index (κ3) is 6.03.